The molecule has 0 aliphatic heterocycles. The second-order valence-corrected chi connectivity index (χ2v) is 4.14. The zero-order valence-corrected chi connectivity index (χ0v) is 10.3. The number of alkyl halides is 3. The molecule has 2 rings (SSSR count). The summed E-state index contributed by atoms with van der Waals surface area (Å²) >= 11 is 0. The van der Waals surface area contributed by atoms with Gasteiger partial charge in [0.05, 0.1) is 5.56 Å². The number of nitrogens with zero attached hydrogens (tertiary/aromatic N) is 1. The molecule has 0 atom stereocenters. The fraction of sp³-hybridized carbons (Fsp3) is 0.154. The highest BCUT2D eigenvalue weighted by Gasteiger charge is 2.29. The van der Waals surface area contributed by atoms with Crippen molar-refractivity contribution in [1.82, 2.24) is 4.98 Å². The van der Waals surface area contributed by atoms with Crippen molar-refractivity contribution in [3.8, 4) is 0 Å². The summed E-state index contributed by atoms with van der Waals surface area (Å²) in [5, 5.41) is 2.38. The van der Waals surface area contributed by atoms with Crippen LogP contribution in [0.4, 0.5) is 32.2 Å². The Bertz CT molecular complexity index is 636. The van der Waals surface area contributed by atoms with Gasteiger partial charge in [-0.25, -0.2) is 8.78 Å². The normalized spacial score (nSPS) is 11.5. The van der Waals surface area contributed by atoms with Crippen LogP contribution in [0.5, 0.6) is 0 Å². The number of benzene rings is 1. The van der Waals surface area contributed by atoms with Gasteiger partial charge >= 0.3 is 6.18 Å². The molecule has 0 aliphatic carbocycles. The molecule has 0 bridgehead atoms. The van der Waals surface area contributed by atoms with Gasteiger partial charge < -0.3 is 5.32 Å². The molecule has 0 aliphatic rings. The highest BCUT2D eigenvalue weighted by molar-refractivity contribution is 5.37. The van der Waals surface area contributed by atoms with Gasteiger partial charge in [0.15, 0.2) is 17.5 Å². The van der Waals surface area contributed by atoms with Crippen LogP contribution in [-0.2, 0) is 12.7 Å². The van der Waals surface area contributed by atoms with Gasteiger partial charge in [-0.1, -0.05) is 12.1 Å². The van der Waals surface area contributed by atoms with Gasteiger partial charge in [-0.3, -0.25) is 0 Å². The highest BCUT2D eigenvalue weighted by atomic mass is 19.4. The second kappa shape index (κ2) is 5.63. The first-order valence-electron chi connectivity index (χ1n) is 5.69. The van der Waals surface area contributed by atoms with Crippen LogP contribution in [0.2, 0.25) is 0 Å². The first-order valence-corrected chi connectivity index (χ1v) is 5.69. The molecule has 0 amide bonds. The van der Waals surface area contributed by atoms with Crippen LogP contribution in [0.25, 0.3) is 0 Å². The summed E-state index contributed by atoms with van der Waals surface area (Å²) < 4.78 is 75.9. The van der Waals surface area contributed by atoms with Gasteiger partial charge in [0.1, 0.15) is 0 Å². The van der Waals surface area contributed by atoms with Gasteiger partial charge in [0.25, 0.3) is 5.95 Å². The van der Waals surface area contributed by atoms with Crippen LogP contribution in [0, 0.1) is 17.6 Å². The van der Waals surface area contributed by atoms with E-state index in [0.717, 1.165) is 12.1 Å². The Hall–Kier alpha value is -2.25. The van der Waals surface area contributed by atoms with E-state index in [2.05, 4.69) is 10.3 Å². The van der Waals surface area contributed by atoms with E-state index in [1.54, 1.807) is 0 Å². The molecule has 1 aromatic heterocycles. The van der Waals surface area contributed by atoms with Crippen LogP contribution in [0.3, 0.4) is 0 Å². The number of rotatable bonds is 3. The van der Waals surface area contributed by atoms with Crippen molar-refractivity contribution >= 4 is 5.82 Å². The monoisotopic (exact) mass is 306 g/mol. The van der Waals surface area contributed by atoms with Gasteiger partial charge in [-0.15, -0.1) is 0 Å². The van der Waals surface area contributed by atoms with Crippen molar-refractivity contribution in [2.24, 2.45) is 0 Å². The molecular formula is C13H8F6N2. The van der Waals surface area contributed by atoms with Crippen molar-refractivity contribution in [1.29, 1.82) is 0 Å². The minimum atomic E-state index is -4.44. The van der Waals surface area contributed by atoms with E-state index in [-0.39, 0.29) is 6.54 Å². The molecule has 2 aromatic rings. The maximum absolute atomic E-state index is 13.3. The molecule has 0 radical (unpaired) electrons. The zero-order valence-electron chi connectivity index (χ0n) is 10.3. The average Bonchev–Trinajstić information content (AvgIpc) is 2.41. The Morgan fingerprint density at radius 2 is 1.57 bits per heavy atom. The van der Waals surface area contributed by atoms with Gasteiger partial charge in [-0.05, 0) is 17.7 Å². The van der Waals surface area contributed by atoms with Crippen molar-refractivity contribution < 1.29 is 26.3 Å². The van der Waals surface area contributed by atoms with Crippen LogP contribution in [0.1, 0.15) is 11.1 Å². The first-order chi connectivity index (χ1) is 9.77. The smallest absolute Gasteiger partial charge is 0.363 e. The molecule has 0 unspecified atom stereocenters. The van der Waals surface area contributed by atoms with Crippen LogP contribution >= 0.6 is 0 Å². The quantitative estimate of drug-likeness (QED) is 0.681. The van der Waals surface area contributed by atoms with Crippen molar-refractivity contribution in [2.75, 3.05) is 5.32 Å². The second-order valence-electron chi connectivity index (χ2n) is 4.14. The zero-order chi connectivity index (χ0) is 15.6. The molecule has 2 nitrogen and oxygen atoms in total. The average molecular weight is 306 g/mol. The van der Waals surface area contributed by atoms with Crippen molar-refractivity contribution in [2.45, 2.75) is 12.7 Å². The Balaban J connectivity index is 2.08. The summed E-state index contributed by atoms with van der Waals surface area (Å²) in [5.41, 5.74) is -0.419. The van der Waals surface area contributed by atoms with E-state index < -0.39 is 35.1 Å². The van der Waals surface area contributed by atoms with E-state index in [0.29, 0.717) is 11.6 Å². The molecule has 1 N–H and O–H groups in total. The van der Waals surface area contributed by atoms with E-state index in [1.165, 1.54) is 12.1 Å². The van der Waals surface area contributed by atoms with Crippen molar-refractivity contribution in [3.05, 3.63) is 59.0 Å². The highest BCUT2D eigenvalue weighted by Crippen LogP contribution is 2.29. The molecule has 21 heavy (non-hydrogen) atoms. The standard InChI is InChI=1S/C13H8F6N2/c14-9-5-10(15)12(21-11(9)16)20-6-7-1-3-8(4-2-7)13(17,18)19/h1-5H,6H2,(H,20,21). The lowest BCUT2D eigenvalue weighted by molar-refractivity contribution is -0.137. The summed E-state index contributed by atoms with van der Waals surface area (Å²) in [4.78, 5) is 3.04. The molecule has 0 saturated heterocycles. The Morgan fingerprint density at radius 3 is 2.14 bits per heavy atom. The van der Waals surface area contributed by atoms with E-state index in [1.807, 2.05) is 0 Å². The molecule has 1 aromatic carbocycles. The Labute approximate surface area is 115 Å². The van der Waals surface area contributed by atoms with Crippen LogP contribution in [0.15, 0.2) is 30.3 Å². The minimum Gasteiger partial charge on any atom is -0.363 e. The van der Waals surface area contributed by atoms with Gasteiger partial charge in [0.2, 0.25) is 0 Å². The number of pyridine rings is 1. The van der Waals surface area contributed by atoms with Gasteiger partial charge in [0, 0.05) is 12.6 Å². The molecule has 0 saturated carbocycles. The SMILES string of the molecule is Fc1cc(F)c(NCc2ccc(C(F)(F)F)cc2)nc1F. The summed E-state index contributed by atoms with van der Waals surface area (Å²) in [7, 11) is 0. The third kappa shape index (κ3) is 3.65. The maximum Gasteiger partial charge on any atom is 0.416 e. The number of hydrogen-bond donors (Lipinski definition) is 1. The Kier molecular flexibility index (Phi) is 4.06. The van der Waals surface area contributed by atoms with Crippen LogP contribution in [-0.4, -0.2) is 4.98 Å². The first kappa shape index (κ1) is 15.1. The summed E-state index contributed by atoms with van der Waals surface area (Å²) in [6.45, 7) is -0.0901. The molecule has 0 spiro atoms. The number of halogens is 6. The predicted octanol–water partition coefficient (Wildman–Crippen LogP) is 4.13. The fourth-order valence-corrected chi connectivity index (χ4v) is 1.57. The van der Waals surface area contributed by atoms with E-state index in [4.69, 9.17) is 0 Å². The molecule has 1 heterocycles. The molecule has 8 heteroatoms. The third-order valence-corrected chi connectivity index (χ3v) is 2.63. The predicted molar refractivity (Wildman–Crippen MR) is 62.9 cm³/mol. The summed E-state index contributed by atoms with van der Waals surface area (Å²) in [6.07, 6.45) is -4.44. The number of hydrogen-bond acceptors (Lipinski definition) is 2. The van der Waals surface area contributed by atoms with Crippen molar-refractivity contribution in [3.63, 3.8) is 0 Å². The number of anilines is 1. The molecule has 0 fully saturated rings. The lowest BCUT2D eigenvalue weighted by atomic mass is 10.1. The van der Waals surface area contributed by atoms with Crippen LogP contribution < -0.4 is 5.32 Å². The largest absolute Gasteiger partial charge is 0.416 e. The topological polar surface area (TPSA) is 24.9 Å². The number of nitrogens with one attached hydrogen (secondary N) is 1. The maximum atomic E-state index is 13.3. The fourth-order valence-electron chi connectivity index (χ4n) is 1.57. The van der Waals surface area contributed by atoms with Gasteiger partial charge in [-0.2, -0.15) is 22.5 Å². The minimum absolute atomic E-state index is 0.0901. The van der Waals surface area contributed by atoms with E-state index in [9.17, 15) is 26.3 Å². The third-order valence-electron chi connectivity index (χ3n) is 2.63. The summed E-state index contributed by atoms with van der Waals surface area (Å²) in [5.74, 6) is -4.51. The lowest BCUT2D eigenvalue weighted by Crippen LogP contribution is -2.07. The van der Waals surface area contributed by atoms with E-state index >= 15 is 0 Å². The molecule has 112 valence electrons. The summed E-state index contributed by atoms with van der Waals surface area (Å²) in [6, 6.07) is 4.44. The molecular weight excluding hydrogens is 298 g/mol. The number of aromatic nitrogens is 1. The Morgan fingerprint density at radius 1 is 0.952 bits per heavy atom. The lowest BCUT2D eigenvalue weighted by Gasteiger charge is -2.09.